The van der Waals surface area contributed by atoms with Crippen molar-refractivity contribution in [2.75, 3.05) is 10.6 Å². The highest BCUT2D eigenvalue weighted by atomic mass is 32.2. The van der Waals surface area contributed by atoms with E-state index in [2.05, 4.69) is 9.71 Å². The number of hydrogen-bond donors (Lipinski definition) is 3. The number of nitrogen functional groups attached to an aromatic ring is 1. The molecule has 8 nitrogen and oxygen atoms in total. The van der Waals surface area contributed by atoms with Gasteiger partial charge in [-0.1, -0.05) is 54.6 Å². The number of hydrogen-bond acceptors (Lipinski definition) is 6. The summed E-state index contributed by atoms with van der Waals surface area (Å²) in [5.74, 6) is 6.27. The van der Waals surface area contributed by atoms with Crippen LogP contribution in [0.3, 0.4) is 0 Å². The Balaban J connectivity index is 1.61. The monoisotopic (exact) mass is 445 g/mol. The third-order valence-electron chi connectivity index (χ3n) is 5.30. The van der Waals surface area contributed by atoms with E-state index in [4.69, 9.17) is 16.0 Å². The Hall–Kier alpha value is -4.11. The largest absolute Gasteiger partial charge is 0.438 e. The summed E-state index contributed by atoms with van der Waals surface area (Å²) in [5, 5.41) is 8.48. The number of sulfonamides is 1. The van der Waals surface area contributed by atoms with Crippen molar-refractivity contribution >= 4 is 15.7 Å². The van der Waals surface area contributed by atoms with Gasteiger partial charge in [-0.05, 0) is 23.8 Å². The summed E-state index contributed by atoms with van der Waals surface area (Å²) in [4.78, 5) is 4.43. The van der Waals surface area contributed by atoms with E-state index in [1.165, 1.54) is 18.5 Å². The molecule has 3 aromatic carbocycles. The first-order chi connectivity index (χ1) is 15.4. The zero-order valence-corrected chi connectivity index (χ0v) is 17.6. The van der Waals surface area contributed by atoms with Crippen LogP contribution in [0, 0.1) is 5.41 Å². The molecule has 2 heterocycles. The van der Waals surface area contributed by atoms with Crippen LogP contribution in [0.25, 0.3) is 0 Å². The standard InChI is InChI=1S/C23H19N5O3S/c24-22-21-20(15-7-3-1-4-8-15)18-12-11-16(13-19(18)31-23(21)26-14-28(22)25)27-32(29,30)17-9-5-2-6-10-17/h1-14,20,24,27H,25H2. The molecule has 0 amide bonds. The summed E-state index contributed by atoms with van der Waals surface area (Å²) in [6, 6.07) is 22.9. The first-order valence-corrected chi connectivity index (χ1v) is 11.3. The van der Waals surface area contributed by atoms with E-state index < -0.39 is 10.0 Å². The van der Waals surface area contributed by atoms with Crippen LogP contribution in [0.5, 0.6) is 11.6 Å². The zero-order valence-electron chi connectivity index (χ0n) is 16.8. The van der Waals surface area contributed by atoms with Gasteiger partial charge in [-0.25, -0.2) is 18.1 Å². The number of aromatic nitrogens is 2. The predicted molar refractivity (Wildman–Crippen MR) is 119 cm³/mol. The molecule has 160 valence electrons. The molecule has 4 aromatic rings. The third-order valence-corrected chi connectivity index (χ3v) is 6.70. The smallest absolute Gasteiger partial charge is 0.261 e. The molecule has 0 fully saturated rings. The van der Waals surface area contributed by atoms with Gasteiger partial charge in [0, 0.05) is 17.5 Å². The SMILES string of the molecule is N=c1c2c(ncn1N)Oc1cc(NS(=O)(=O)c3ccccc3)ccc1C2c1ccccc1. The minimum Gasteiger partial charge on any atom is -0.438 e. The van der Waals surface area contributed by atoms with Crippen molar-refractivity contribution in [1.82, 2.24) is 9.66 Å². The van der Waals surface area contributed by atoms with E-state index in [1.807, 2.05) is 30.3 Å². The van der Waals surface area contributed by atoms with Crippen LogP contribution in [-0.4, -0.2) is 18.1 Å². The summed E-state index contributed by atoms with van der Waals surface area (Å²) in [6.45, 7) is 0. The lowest BCUT2D eigenvalue weighted by molar-refractivity contribution is 0.426. The Morgan fingerprint density at radius 1 is 1.00 bits per heavy atom. The van der Waals surface area contributed by atoms with Gasteiger partial charge >= 0.3 is 0 Å². The van der Waals surface area contributed by atoms with E-state index in [0.29, 0.717) is 17.0 Å². The molecule has 0 bridgehead atoms. The van der Waals surface area contributed by atoms with Crippen LogP contribution in [0.15, 0.2) is 90.1 Å². The normalized spacial score (nSPS) is 14.7. The minimum absolute atomic E-state index is 0.0864. The molecule has 1 aliphatic rings. The Morgan fingerprint density at radius 2 is 1.69 bits per heavy atom. The molecule has 9 heteroatoms. The molecular weight excluding hydrogens is 426 g/mol. The van der Waals surface area contributed by atoms with Crippen molar-refractivity contribution in [3.63, 3.8) is 0 Å². The quantitative estimate of drug-likeness (QED) is 0.367. The molecule has 5 rings (SSSR count). The number of benzene rings is 3. The van der Waals surface area contributed by atoms with Gasteiger partial charge < -0.3 is 10.6 Å². The number of nitrogens with two attached hydrogens (primary N) is 1. The fraction of sp³-hybridized carbons (Fsp3) is 0.0435. The number of nitrogens with one attached hydrogen (secondary N) is 2. The summed E-state index contributed by atoms with van der Waals surface area (Å²) in [7, 11) is -3.75. The van der Waals surface area contributed by atoms with Crippen LogP contribution in [-0.2, 0) is 10.0 Å². The number of nitrogens with zero attached hydrogens (tertiary/aromatic N) is 2. The molecule has 1 unspecified atom stereocenters. The summed E-state index contributed by atoms with van der Waals surface area (Å²) >= 11 is 0. The Morgan fingerprint density at radius 3 is 2.41 bits per heavy atom. The predicted octanol–water partition coefficient (Wildman–Crippen LogP) is 3.16. The Bertz CT molecular complexity index is 1470. The van der Waals surface area contributed by atoms with Gasteiger partial charge in [0.25, 0.3) is 10.0 Å². The number of fused-ring (bicyclic) bond motifs is 2. The van der Waals surface area contributed by atoms with Gasteiger partial charge in [-0.2, -0.15) is 0 Å². The van der Waals surface area contributed by atoms with Crippen LogP contribution in [0.1, 0.15) is 22.6 Å². The highest BCUT2D eigenvalue weighted by Gasteiger charge is 2.32. The fourth-order valence-electron chi connectivity index (χ4n) is 3.81. The van der Waals surface area contributed by atoms with Crippen molar-refractivity contribution in [2.45, 2.75) is 10.8 Å². The van der Waals surface area contributed by atoms with E-state index in [1.54, 1.807) is 36.4 Å². The fourth-order valence-corrected chi connectivity index (χ4v) is 4.88. The van der Waals surface area contributed by atoms with Crippen molar-refractivity contribution in [3.8, 4) is 11.6 Å². The summed E-state index contributed by atoms with van der Waals surface area (Å²) in [5.41, 5.74) is 2.72. The van der Waals surface area contributed by atoms with Crippen molar-refractivity contribution in [3.05, 3.63) is 107 Å². The number of rotatable bonds is 4. The average molecular weight is 446 g/mol. The van der Waals surface area contributed by atoms with Crippen molar-refractivity contribution in [2.24, 2.45) is 0 Å². The molecule has 4 N–H and O–H groups in total. The second-order valence-electron chi connectivity index (χ2n) is 7.34. The van der Waals surface area contributed by atoms with Crippen LogP contribution in [0.2, 0.25) is 0 Å². The van der Waals surface area contributed by atoms with E-state index >= 15 is 0 Å². The van der Waals surface area contributed by atoms with E-state index in [0.717, 1.165) is 15.8 Å². The maximum absolute atomic E-state index is 12.7. The lowest BCUT2D eigenvalue weighted by atomic mass is 9.84. The van der Waals surface area contributed by atoms with Crippen LogP contribution in [0.4, 0.5) is 5.69 Å². The average Bonchev–Trinajstić information content (AvgIpc) is 2.81. The van der Waals surface area contributed by atoms with Gasteiger partial charge in [0.2, 0.25) is 5.88 Å². The molecule has 1 atom stereocenters. The molecule has 0 radical (unpaired) electrons. The maximum Gasteiger partial charge on any atom is 0.261 e. The molecule has 1 aromatic heterocycles. The Kier molecular flexibility index (Phi) is 4.67. The molecule has 0 aliphatic carbocycles. The molecule has 0 saturated carbocycles. The van der Waals surface area contributed by atoms with Gasteiger partial charge in [0.05, 0.1) is 16.1 Å². The van der Waals surface area contributed by atoms with E-state index in [-0.39, 0.29) is 22.2 Å². The van der Waals surface area contributed by atoms with Crippen LogP contribution >= 0.6 is 0 Å². The lowest BCUT2D eigenvalue weighted by Gasteiger charge is -2.28. The Labute approximate surface area is 184 Å². The molecular formula is C23H19N5O3S. The van der Waals surface area contributed by atoms with Gasteiger partial charge in [-0.15, -0.1) is 0 Å². The highest BCUT2D eigenvalue weighted by Crippen LogP contribution is 2.45. The molecule has 1 aliphatic heterocycles. The zero-order chi connectivity index (χ0) is 22.3. The van der Waals surface area contributed by atoms with Gasteiger partial charge in [-0.3, -0.25) is 10.1 Å². The first-order valence-electron chi connectivity index (χ1n) is 9.80. The van der Waals surface area contributed by atoms with Crippen molar-refractivity contribution < 1.29 is 13.2 Å². The summed E-state index contributed by atoms with van der Waals surface area (Å²) in [6.07, 6.45) is 1.32. The topological polar surface area (TPSA) is 123 Å². The second kappa shape index (κ2) is 7.54. The van der Waals surface area contributed by atoms with Crippen LogP contribution < -0.4 is 20.8 Å². The maximum atomic E-state index is 12.7. The highest BCUT2D eigenvalue weighted by molar-refractivity contribution is 7.92. The lowest BCUT2D eigenvalue weighted by Crippen LogP contribution is -2.33. The molecule has 0 saturated heterocycles. The minimum atomic E-state index is -3.75. The molecule has 0 spiro atoms. The first kappa shape index (κ1) is 19.8. The third kappa shape index (κ3) is 3.38. The molecule has 32 heavy (non-hydrogen) atoms. The van der Waals surface area contributed by atoms with E-state index in [9.17, 15) is 8.42 Å². The second-order valence-corrected chi connectivity index (χ2v) is 9.02. The van der Waals surface area contributed by atoms with Crippen molar-refractivity contribution in [1.29, 1.82) is 5.41 Å². The van der Waals surface area contributed by atoms with Gasteiger partial charge in [0.1, 0.15) is 12.1 Å². The number of ether oxygens (including phenoxy) is 1. The van der Waals surface area contributed by atoms with Gasteiger partial charge in [0.15, 0.2) is 5.49 Å². The number of anilines is 1. The summed E-state index contributed by atoms with van der Waals surface area (Å²) < 4.78 is 35.2.